The second kappa shape index (κ2) is 5.34. The Labute approximate surface area is 160 Å². The molecular formula is C22H28N2O3. The smallest absolute Gasteiger partial charge is 0.273 e. The largest absolute Gasteiger partial charge is 0.359 e. The molecule has 4 aliphatic rings. The molecule has 2 aliphatic carbocycles. The predicted octanol–water partition coefficient (Wildman–Crippen LogP) is 3.40. The van der Waals surface area contributed by atoms with E-state index in [-0.39, 0.29) is 29.4 Å². The first-order chi connectivity index (χ1) is 12.8. The number of nitrogens with zero attached hydrogens (tertiary/aromatic N) is 2. The van der Waals surface area contributed by atoms with Crippen molar-refractivity contribution < 1.29 is 14.3 Å². The van der Waals surface area contributed by atoms with E-state index >= 15 is 0 Å². The maximum atomic E-state index is 13.8. The van der Waals surface area contributed by atoms with Crippen LogP contribution in [0.15, 0.2) is 30.3 Å². The van der Waals surface area contributed by atoms with Crippen molar-refractivity contribution in [2.75, 3.05) is 5.01 Å². The number of hydrazine groups is 1. The number of epoxide rings is 1. The van der Waals surface area contributed by atoms with Crippen molar-refractivity contribution in [3.63, 3.8) is 0 Å². The van der Waals surface area contributed by atoms with E-state index in [1.54, 1.807) is 10.0 Å². The minimum atomic E-state index is -0.467. The van der Waals surface area contributed by atoms with Crippen LogP contribution >= 0.6 is 0 Å². The fourth-order valence-corrected chi connectivity index (χ4v) is 6.21. The van der Waals surface area contributed by atoms with E-state index in [1.807, 2.05) is 30.3 Å². The first kappa shape index (κ1) is 17.2. The number of para-hydroxylation sites is 1. The summed E-state index contributed by atoms with van der Waals surface area (Å²) < 4.78 is 5.72. The van der Waals surface area contributed by atoms with Gasteiger partial charge in [-0.05, 0) is 48.6 Å². The van der Waals surface area contributed by atoms with E-state index in [0.717, 1.165) is 24.9 Å². The first-order valence-electron chi connectivity index (χ1n) is 10.2. The van der Waals surface area contributed by atoms with Crippen molar-refractivity contribution in [1.82, 2.24) is 5.01 Å². The van der Waals surface area contributed by atoms with Gasteiger partial charge in [0.25, 0.3) is 11.8 Å². The molecule has 5 unspecified atom stereocenters. The molecule has 2 saturated carbocycles. The van der Waals surface area contributed by atoms with E-state index in [0.29, 0.717) is 11.8 Å². The molecule has 5 atom stereocenters. The van der Waals surface area contributed by atoms with E-state index < -0.39 is 11.5 Å². The zero-order valence-electron chi connectivity index (χ0n) is 16.5. The molecule has 1 aromatic carbocycles. The Morgan fingerprint density at radius 1 is 1.22 bits per heavy atom. The highest BCUT2D eigenvalue weighted by molar-refractivity contribution is 6.05. The summed E-state index contributed by atoms with van der Waals surface area (Å²) in [5.41, 5.74) is 0.227. The monoisotopic (exact) mass is 368 g/mol. The molecule has 5 rings (SSSR count). The molecule has 0 N–H and O–H groups in total. The minimum absolute atomic E-state index is 0.0339. The molecular weight excluding hydrogens is 340 g/mol. The summed E-state index contributed by atoms with van der Waals surface area (Å²) in [7, 11) is 0. The molecule has 1 aromatic rings. The van der Waals surface area contributed by atoms with Crippen LogP contribution in [0.3, 0.4) is 0 Å². The predicted molar refractivity (Wildman–Crippen MR) is 102 cm³/mol. The Hall–Kier alpha value is -1.88. The number of amides is 2. The van der Waals surface area contributed by atoms with E-state index in [4.69, 9.17) is 4.74 Å². The van der Waals surface area contributed by atoms with Crippen LogP contribution in [-0.2, 0) is 14.3 Å². The molecule has 1 spiro atoms. The number of fused-ring (bicyclic) bond motifs is 1. The molecule has 2 saturated heterocycles. The van der Waals surface area contributed by atoms with Gasteiger partial charge in [-0.3, -0.25) is 9.59 Å². The van der Waals surface area contributed by atoms with Crippen LogP contribution in [0.2, 0.25) is 0 Å². The zero-order valence-corrected chi connectivity index (χ0v) is 16.5. The number of carbonyl (C=O) groups excluding carboxylic acids is 2. The lowest BCUT2D eigenvalue weighted by Crippen LogP contribution is -2.49. The Morgan fingerprint density at radius 3 is 2.52 bits per heavy atom. The third kappa shape index (κ3) is 1.98. The van der Waals surface area contributed by atoms with Gasteiger partial charge >= 0.3 is 0 Å². The highest BCUT2D eigenvalue weighted by atomic mass is 16.6. The van der Waals surface area contributed by atoms with Crippen LogP contribution in [0.4, 0.5) is 5.69 Å². The Morgan fingerprint density at radius 2 is 1.93 bits per heavy atom. The topological polar surface area (TPSA) is 53.2 Å². The fourth-order valence-electron chi connectivity index (χ4n) is 6.21. The van der Waals surface area contributed by atoms with Crippen molar-refractivity contribution in [3.05, 3.63) is 30.3 Å². The summed E-state index contributed by atoms with van der Waals surface area (Å²) >= 11 is 0. The molecule has 2 heterocycles. The normalized spacial score (nSPS) is 38.6. The van der Waals surface area contributed by atoms with Crippen LogP contribution in [-0.4, -0.2) is 35.1 Å². The molecule has 27 heavy (non-hydrogen) atoms. The number of hydrogen-bond acceptors (Lipinski definition) is 3. The molecule has 2 aliphatic heterocycles. The third-order valence-electron chi connectivity index (χ3n) is 7.87. The fraction of sp³-hybridized carbons (Fsp3) is 0.636. The molecule has 5 nitrogen and oxygen atoms in total. The van der Waals surface area contributed by atoms with Gasteiger partial charge in [-0.1, -0.05) is 45.9 Å². The van der Waals surface area contributed by atoms with Crippen LogP contribution < -0.4 is 5.01 Å². The average molecular weight is 368 g/mol. The van der Waals surface area contributed by atoms with Gasteiger partial charge in [0.2, 0.25) is 0 Å². The lowest BCUT2D eigenvalue weighted by atomic mass is 9.67. The Bertz CT molecular complexity index is 805. The summed E-state index contributed by atoms with van der Waals surface area (Å²) in [6, 6.07) is 9.56. The lowest BCUT2D eigenvalue weighted by molar-refractivity contribution is -0.135. The summed E-state index contributed by atoms with van der Waals surface area (Å²) in [5.74, 6) is 0.850. The van der Waals surface area contributed by atoms with Gasteiger partial charge < -0.3 is 4.74 Å². The number of ether oxygens (including phenoxy) is 1. The van der Waals surface area contributed by atoms with Crippen LogP contribution in [0.25, 0.3) is 0 Å². The number of anilines is 1. The van der Waals surface area contributed by atoms with E-state index in [2.05, 4.69) is 27.7 Å². The standard InChI is InChI=1S/C22H28N2O3/c1-13(2)17-18(27-17)19(25)24-16-12-14-10-11-22(16,21(14,3)4)20(26)23(24)15-8-6-5-7-9-15/h5-9,13-14,16-18H,10-12H2,1-4H3. The van der Waals surface area contributed by atoms with Gasteiger partial charge in [0.1, 0.15) is 0 Å². The summed E-state index contributed by atoms with van der Waals surface area (Å²) in [5, 5.41) is 3.46. The second-order valence-electron chi connectivity index (χ2n) is 9.58. The SMILES string of the molecule is CC(C)C1OC1C(=O)N1C2CC3CCC2(C(=O)N1c1ccccc1)C3(C)C. The molecule has 144 valence electrons. The van der Waals surface area contributed by atoms with Crippen LogP contribution in [0, 0.1) is 22.7 Å². The van der Waals surface area contributed by atoms with Gasteiger partial charge in [-0.25, -0.2) is 10.0 Å². The molecule has 2 amide bonds. The van der Waals surface area contributed by atoms with Gasteiger partial charge in [0, 0.05) is 0 Å². The van der Waals surface area contributed by atoms with Gasteiger partial charge in [0.05, 0.1) is 23.2 Å². The average Bonchev–Trinajstić information content (AvgIpc) is 3.31. The van der Waals surface area contributed by atoms with Crippen molar-refractivity contribution in [1.29, 1.82) is 0 Å². The zero-order chi connectivity index (χ0) is 19.1. The number of rotatable bonds is 3. The van der Waals surface area contributed by atoms with Crippen molar-refractivity contribution in [2.24, 2.45) is 22.7 Å². The van der Waals surface area contributed by atoms with Crippen molar-refractivity contribution >= 4 is 17.5 Å². The summed E-state index contributed by atoms with van der Waals surface area (Å²) in [4.78, 5) is 27.3. The minimum Gasteiger partial charge on any atom is -0.359 e. The van der Waals surface area contributed by atoms with E-state index in [1.165, 1.54) is 0 Å². The third-order valence-corrected chi connectivity index (χ3v) is 7.87. The Balaban J connectivity index is 1.59. The second-order valence-corrected chi connectivity index (χ2v) is 9.58. The van der Waals surface area contributed by atoms with E-state index in [9.17, 15) is 9.59 Å². The molecule has 0 aromatic heterocycles. The molecule has 2 bridgehead atoms. The highest BCUT2D eigenvalue weighted by Crippen LogP contribution is 2.70. The molecule has 4 fully saturated rings. The van der Waals surface area contributed by atoms with Crippen molar-refractivity contribution in [3.8, 4) is 0 Å². The number of benzene rings is 1. The highest BCUT2D eigenvalue weighted by Gasteiger charge is 2.75. The van der Waals surface area contributed by atoms with Gasteiger partial charge in [-0.15, -0.1) is 0 Å². The van der Waals surface area contributed by atoms with Crippen LogP contribution in [0.1, 0.15) is 47.0 Å². The van der Waals surface area contributed by atoms with Crippen molar-refractivity contribution in [2.45, 2.75) is 65.2 Å². The lowest BCUT2D eigenvalue weighted by Gasteiger charge is -2.34. The number of hydrogen-bond donors (Lipinski definition) is 0. The maximum Gasteiger partial charge on any atom is 0.273 e. The quantitative estimate of drug-likeness (QED) is 0.769. The maximum absolute atomic E-state index is 13.8. The van der Waals surface area contributed by atoms with Gasteiger partial charge in [0.15, 0.2) is 6.10 Å². The number of carbonyl (C=O) groups is 2. The van der Waals surface area contributed by atoms with Crippen LogP contribution in [0.5, 0.6) is 0 Å². The van der Waals surface area contributed by atoms with Gasteiger partial charge in [-0.2, -0.15) is 0 Å². The molecule has 5 heteroatoms. The Kier molecular flexibility index (Phi) is 3.41. The summed E-state index contributed by atoms with van der Waals surface area (Å²) in [6.07, 6.45) is 2.41. The summed E-state index contributed by atoms with van der Waals surface area (Å²) in [6.45, 7) is 8.60. The molecule has 0 radical (unpaired) electrons. The first-order valence-corrected chi connectivity index (χ1v) is 10.2.